The Morgan fingerprint density at radius 2 is 1.97 bits per heavy atom. The lowest BCUT2D eigenvalue weighted by Gasteiger charge is -2.19. The molecule has 1 aliphatic rings. The van der Waals surface area contributed by atoms with Gasteiger partial charge >= 0.3 is 0 Å². The predicted molar refractivity (Wildman–Crippen MR) is 138 cm³/mol. The van der Waals surface area contributed by atoms with Gasteiger partial charge in [-0.3, -0.25) is 0 Å². The number of benzene rings is 2. The van der Waals surface area contributed by atoms with E-state index in [0.29, 0.717) is 45.8 Å². The monoisotopic (exact) mass is 499 g/mol. The first-order chi connectivity index (χ1) is 17.5. The van der Waals surface area contributed by atoms with Crippen molar-refractivity contribution in [1.82, 2.24) is 19.5 Å². The summed E-state index contributed by atoms with van der Waals surface area (Å²) in [5, 5.41) is 10.9. The molecule has 6 rings (SSSR count). The molecule has 1 unspecified atom stereocenters. The standard InChI is InChI=1S/C27H22FN5O2S/c1-32-13-11-29-26(32)24-30-25(33-12-10-16(14-33)15-34)21-20(17-6-3-2-4-7-17)23(36-27(21)31-24)18-8-5-9-19(35)22(18)28/h2-9,11,13,15-16,35H,10,12,14H2,1H3. The van der Waals surface area contributed by atoms with Gasteiger partial charge in [-0.25, -0.2) is 19.3 Å². The van der Waals surface area contributed by atoms with Crippen molar-refractivity contribution in [2.45, 2.75) is 6.42 Å². The van der Waals surface area contributed by atoms with Gasteiger partial charge in [0.05, 0.1) is 5.39 Å². The molecule has 0 radical (unpaired) electrons. The zero-order valence-electron chi connectivity index (χ0n) is 19.4. The molecular formula is C27H22FN5O2S. The highest BCUT2D eigenvalue weighted by Crippen LogP contribution is 2.49. The van der Waals surface area contributed by atoms with E-state index in [-0.39, 0.29) is 5.92 Å². The third-order valence-corrected chi connectivity index (χ3v) is 7.67. The Kier molecular flexibility index (Phi) is 5.49. The minimum atomic E-state index is -0.678. The zero-order chi connectivity index (χ0) is 24.8. The Labute approximate surface area is 210 Å². The van der Waals surface area contributed by atoms with E-state index >= 15 is 4.39 Å². The lowest BCUT2D eigenvalue weighted by Crippen LogP contribution is -2.22. The minimum absolute atomic E-state index is 0.0755. The van der Waals surface area contributed by atoms with E-state index in [1.165, 1.54) is 17.4 Å². The Bertz CT molecular complexity index is 1600. The maximum absolute atomic E-state index is 15.2. The first-order valence-electron chi connectivity index (χ1n) is 11.6. The molecule has 4 heterocycles. The van der Waals surface area contributed by atoms with Crippen LogP contribution in [0, 0.1) is 11.7 Å². The first kappa shape index (κ1) is 22.4. The molecular weight excluding hydrogens is 477 g/mol. The maximum Gasteiger partial charge on any atom is 0.199 e. The van der Waals surface area contributed by atoms with Crippen LogP contribution in [0.5, 0.6) is 5.75 Å². The molecule has 0 saturated carbocycles. The van der Waals surface area contributed by atoms with E-state index in [1.807, 2.05) is 48.1 Å². The zero-order valence-corrected chi connectivity index (χ0v) is 20.2. The molecule has 3 aromatic heterocycles. The molecule has 36 heavy (non-hydrogen) atoms. The third-order valence-electron chi connectivity index (χ3n) is 6.56. The molecule has 0 spiro atoms. The molecule has 0 amide bonds. The SMILES string of the molecule is Cn1ccnc1-c1nc(N2CCC(C=O)C2)c2c(-c3ccccc3)c(-c3cccc(O)c3F)sc2n1. The summed E-state index contributed by atoms with van der Waals surface area (Å²) in [6, 6.07) is 14.4. The first-order valence-corrected chi connectivity index (χ1v) is 12.4. The van der Waals surface area contributed by atoms with Crippen molar-refractivity contribution in [3.63, 3.8) is 0 Å². The number of carbonyl (C=O) groups excluding carboxylic acids is 1. The highest BCUT2D eigenvalue weighted by Gasteiger charge is 2.30. The van der Waals surface area contributed by atoms with E-state index in [4.69, 9.17) is 9.97 Å². The molecule has 0 aliphatic carbocycles. The number of carbonyl (C=O) groups is 1. The largest absolute Gasteiger partial charge is 0.505 e. The number of anilines is 1. The van der Waals surface area contributed by atoms with Gasteiger partial charge in [0.1, 0.15) is 16.9 Å². The van der Waals surface area contributed by atoms with Gasteiger partial charge in [-0.2, -0.15) is 0 Å². The van der Waals surface area contributed by atoms with E-state index in [0.717, 1.165) is 29.2 Å². The summed E-state index contributed by atoms with van der Waals surface area (Å²) < 4.78 is 17.1. The van der Waals surface area contributed by atoms with Gasteiger partial charge in [0.25, 0.3) is 0 Å². The topological polar surface area (TPSA) is 84.1 Å². The summed E-state index contributed by atoms with van der Waals surface area (Å²) in [6.45, 7) is 1.23. The van der Waals surface area contributed by atoms with Crippen LogP contribution in [0.4, 0.5) is 10.2 Å². The minimum Gasteiger partial charge on any atom is -0.505 e. The van der Waals surface area contributed by atoms with Crippen molar-refractivity contribution in [3.05, 3.63) is 66.7 Å². The second kappa shape index (κ2) is 8.83. The second-order valence-corrected chi connectivity index (χ2v) is 9.85. The number of aryl methyl sites for hydroxylation is 1. The summed E-state index contributed by atoms with van der Waals surface area (Å²) in [7, 11) is 1.88. The number of hydrogen-bond donors (Lipinski definition) is 1. The molecule has 1 fully saturated rings. The van der Waals surface area contributed by atoms with E-state index in [1.54, 1.807) is 18.3 Å². The summed E-state index contributed by atoms with van der Waals surface area (Å²) in [4.78, 5) is 29.3. The lowest BCUT2D eigenvalue weighted by molar-refractivity contribution is -0.110. The number of aromatic nitrogens is 4. The average Bonchev–Trinajstić information content (AvgIpc) is 3.63. The number of aromatic hydroxyl groups is 1. The van der Waals surface area contributed by atoms with Crippen molar-refractivity contribution in [3.8, 4) is 39.0 Å². The van der Waals surface area contributed by atoms with Gasteiger partial charge in [-0.05, 0) is 18.1 Å². The number of imidazole rings is 1. The van der Waals surface area contributed by atoms with Crippen molar-refractivity contribution in [2.75, 3.05) is 18.0 Å². The molecule has 1 saturated heterocycles. The fourth-order valence-electron chi connectivity index (χ4n) is 4.75. The molecule has 2 aromatic carbocycles. The summed E-state index contributed by atoms with van der Waals surface area (Å²) >= 11 is 1.36. The average molecular weight is 500 g/mol. The summed E-state index contributed by atoms with van der Waals surface area (Å²) in [5.41, 5.74) is 1.99. The predicted octanol–water partition coefficient (Wildman–Crippen LogP) is 5.30. The molecule has 1 aliphatic heterocycles. The smallest absolute Gasteiger partial charge is 0.199 e. The van der Waals surface area contributed by atoms with Gasteiger partial charge in [-0.15, -0.1) is 11.3 Å². The fraction of sp³-hybridized carbons (Fsp3) is 0.185. The molecule has 9 heteroatoms. The van der Waals surface area contributed by atoms with E-state index < -0.39 is 11.6 Å². The molecule has 1 atom stereocenters. The van der Waals surface area contributed by atoms with Crippen LogP contribution in [-0.4, -0.2) is 44.0 Å². The van der Waals surface area contributed by atoms with Crippen LogP contribution in [0.15, 0.2) is 60.9 Å². The number of nitrogens with zero attached hydrogens (tertiary/aromatic N) is 5. The van der Waals surface area contributed by atoms with Crippen molar-refractivity contribution in [1.29, 1.82) is 0 Å². The molecule has 1 N–H and O–H groups in total. The van der Waals surface area contributed by atoms with E-state index in [9.17, 15) is 9.90 Å². The number of phenolic OH excluding ortho intramolecular Hbond substituents is 1. The Morgan fingerprint density at radius 1 is 1.14 bits per heavy atom. The van der Waals surface area contributed by atoms with Crippen LogP contribution in [0.1, 0.15) is 6.42 Å². The van der Waals surface area contributed by atoms with Crippen molar-refractivity contribution < 1.29 is 14.3 Å². The molecule has 0 bridgehead atoms. The Balaban J connectivity index is 1.70. The van der Waals surface area contributed by atoms with Gasteiger partial charge in [0.2, 0.25) is 0 Å². The fourth-order valence-corrected chi connectivity index (χ4v) is 5.96. The maximum atomic E-state index is 15.2. The quantitative estimate of drug-likeness (QED) is 0.331. The van der Waals surface area contributed by atoms with Gasteiger partial charge < -0.3 is 19.4 Å². The van der Waals surface area contributed by atoms with Crippen LogP contribution in [0.2, 0.25) is 0 Å². The lowest BCUT2D eigenvalue weighted by atomic mass is 9.99. The molecule has 7 nitrogen and oxygen atoms in total. The second-order valence-electron chi connectivity index (χ2n) is 8.85. The highest BCUT2D eigenvalue weighted by molar-refractivity contribution is 7.22. The van der Waals surface area contributed by atoms with Crippen LogP contribution in [0.25, 0.3) is 43.4 Å². The third kappa shape index (κ3) is 3.63. The van der Waals surface area contributed by atoms with Crippen molar-refractivity contribution >= 4 is 33.7 Å². The Hall–Kier alpha value is -4.11. The van der Waals surface area contributed by atoms with Gasteiger partial charge in [-0.1, -0.05) is 42.5 Å². The van der Waals surface area contributed by atoms with Crippen LogP contribution >= 0.6 is 11.3 Å². The highest BCUT2D eigenvalue weighted by atomic mass is 32.1. The summed E-state index contributed by atoms with van der Waals surface area (Å²) in [5.74, 6) is 0.615. The van der Waals surface area contributed by atoms with Crippen molar-refractivity contribution in [2.24, 2.45) is 13.0 Å². The number of thiophene rings is 1. The van der Waals surface area contributed by atoms with Crippen LogP contribution in [0.3, 0.4) is 0 Å². The number of rotatable bonds is 5. The van der Waals surface area contributed by atoms with Gasteiger partial charge in [0, 0.05) is 54.5 Å². The van der Waals surface area contributed by atoms with Crippen LogP contribution in [-0.2, 0) is 11.8 Å². The number of fused-ring (bicyclic) bond motifs is 1. The molecule has 180 valence electrons. The molecule has 5 aromatic rings. The normalized spacial score (nSPS) is 15.6. The van der Waals surface area contributed by atoms with E-state index in [2.05, 4.69) is 9.88 Å². The van der Waals surface area contributed by atoms with Gasteiger partial charge in [0.15, 0.2) is 23.2 Å². The number of aldehydes is 1. The summed E-state index contributed by atoms with van der Waals surface area (Å²) in [6.07, 6.45) is 5.26. The number of phenols is 1. The Morgan fingerprint density at radius 3 is 2.69 bits per heavy atom. The van der Waals surface area contributed by atoms with Crippen LogP contribution < -0.4 is 4.90 Å². The number of halogens is 1. The number of hydrogen-bond acceptors (Lipinski definition) is 7.